The van der Waals surface area contributed by atoms with Gasteiger partial charge in [-0.15, -0.1) is 12.6 Å². The second kappa shape index (κ2) is 4.41. The maximum absolute atomic E-state index is 5.62. The summed E-state index contributed by atoms with van der Waals surface area (Å²) in [5.74, 6) is 0.871. The number of thiol groups is 1. The molecule has 0 N–H and O–H groups in total. The van der Waals surface area contributed by atoms with E-state index in [0.717, 1.165) is 17.1 Å². The first kappa shape index (κ1) is 9.46. The van der Waals surface area contributed by atoms with Crippen LogP contribution in [0.3, 0.4) is 0 Å². The normalized spacial score (nSPS) is 12.6. The fourth-order valence-corrected chi connectivity index (χ4v) is 1.07. The van der Waals surface area contributed by atoms with Gasteiger partial charge >= 0.3 is 0 Å². The van der Waals surface area contributed by atoms with Crippen LogP contribution in [0.25, 0.3) is 0 Å². The number of hydrogen-bond donors (Lipinski definition) is 1. The highest BCUT2D eigenvalue weighted by molar-refractivity contribution is 7.80. The van der Waals surface area contributed by atoms with Gasteiger partial charge in [-0.2, -0.15) is 0 Å². The van der Waals surface area contributed by atoms with Gasteiger partial charge in [0.25, 0.3) is 0 Å². The van der Waals surface area contributed by atoms with Crippen LogP contribution in [0.2, 0.25) is 0 Å². The van der Waals surface area contributed by atoms with Crippen molar-refractivity contribution in [3.8, 4) is 5.75 Å². The first-order valence-electron chi connectivity index (χ1n) is 4.18. The molecule has 0 aromatic heterocycles. The van der Waals surface area contributed by atoms with Gasteiger partial charge in [0.15, 0.2) is 0 Å². The maximum atomic E-state index is 5.62. The van der Waals surface area contributed by atoms with Gasteiger partial charge in [-0.3, -0.25) is 0 Å². The van der Waals surface area contributed by atoms with Crippen LogP contribution >= 0.6 is 12.6 Å². The first-order valence-corrected chi connectivity index (χ1v) is 4.63. The molecule has 0 saturated heterocycles. The Morgan fingerprint density at radius 3 is 2.67 bits per heavy atom. The third-order valence-corrected chi connectivity index (χ3v) is 2.14. The second-order valence-corrected chi connectivity index (χ2v) is 3.29. The highest BCUT2D eigenvalue weighted by Gasteiger charge is 2.02. The Balaban J connectivity index is 2.69. The van der Waals surface area contributed by atoms with Crippen molar-refractivity contribution in [3.05, 3.63) is 24.3 Å². The molecular formula is C10H14OS. The number of hydrogen-bond acceptors (Lipinski definition) is 2. The summed E-state index contributed by atoms with van der Waals surface area (Å²) in [6.45, 7) is 4.16. The van der Waals surface area contributed by atoms with E-state index in [1.807, 2.05) is 24.3 Å². The number of rotatable bonds is 3. The highest BCUT2D eigenvalue weighted by Crippen LogP contribution is 2.22. The summed E-state index contributed by atoms with van der Waals surface area (Å²) in [5, 5.41) is 0. The van der Waals surface area contributed by atoms with Crippen molar-refractivity contribution in [2.75, 3.05) is 0 Å². The van der Waals surface area contributed by atoms with Gasteiger partial charge in [0, 0.05) is 4.90 Å². The molecule has 0 radical (unpaired) electrons. The van der Waals surface area contributed by atoms with Gasteiger partial charge in [0.05, 0.1) is 6.10 Å². The summed E-state index contributed by atoms with van der Waals surface area (Å²) in [6.07, 6.45) is 1.28. The van der Waals surface area contributed by atoms with Crippen molar-refractivity contribution >= 4 is 12.6 Å². The van der Waals surface area contributed by atoms with E-state index in [0.29, 0.717) is 0 Å². The Kier molecular flexibility index (Phi) is 3.48. The molecule has 2 heteroatoms. The minimum Gasteiger partial charge on any atom is -0.490 e. The van der Waals surface area contributed by atoms with Crippen LogP contribution in [0.5, 0.6) is 5.75 Å². The maximum Gasteiger partial charge on any atom is 0.132 e. The van der Waals surface area contributed by atoms with E-state index in [2.05, 4.69) is 26.5 Å². The summed E-state index contributed by atoms with van der Waals surface area (Å²) in [7, 11) is 0. The molecule has 1 aromatic rings. The molecule has 1 aromatic carbocycles. The molecule has 0 spiro atoms. The third-order valence-electron chi connectivity index (χ3n) is 1.77. The van der Waals surface area contributed by atoms with E-state index in [4.69, 9.17) is 4.74 Å². The van der Waals surface area contributed by atoms with Gasteiger partial charge in [-0.1, -0.05) is 19.1 Å². The second-order valence-electron chi connectivity index (χ2n) is 2.80. The number of ether oxygens (including phenoxy) is 1. The van der Waals surface area contributed by atoms with Gasteiger partial charge < -0.3 is 4.74 Å². The summed E-state index contributed by atoms with van der Waals surface area (Å²) in [5.41, 5.74) is 0. The molecule has 0 aliphatic carbocycles. The van der Waals surface area contributed by atoms with Crippen LogP contribution in [-0.2, 0) is 0 Å². The lowest BCUT2D eigenvalue weighted by Gasteiger charge is -2.13. The molecule has 66 valence electrons. The molecule has 0 saturated carbocycles. The van der Waals surface area contributed by atoms with Gasteiger partial charge in [-0.05, 0) is 25.5 Å². The van der Waals surface area contributed by atoms with E-state index in [-0.39, 0.29) is 6.10 Å². The Morgan fingerprint density at radius 1 is 1.42 bits per heavy atom. The molecule has 1 nitrogen and oxygen atoms in total. The van der Waals surface area contributed by atoms with Crippen molar-refractivity contribution in [1.29, 1.82) is 0 Å². The molecule has 0 amide bonds. The molecule has 1 atom stereocenters. The monoisotopic (exact) mass is 182 g/mol. The van der Waals surface area contributed by atoms with E-state index in [9.17, 15) is 0 Å². The van der Waals surface area contributed by atoms with Gasteiger partial charge in [-0.25, -0.2) is 0 Å². The van der Waals surface area contributed by atoms with Crippen LogP contribution in [0, 0.1) is 0 Å². The van der Waals surface area contributed by atoms with Crippen molar-refractivity contribution in [3.63, 3.8) is 0 Å². The van der Waals surface area contributed by atoms with Crippen molar-refractivity contribution in [1.82, 2.24) is 0 Å². The van der Waals surface area contributed by atoms with Gasteiger partial charge in [0.1, 0.15) is 5.75 Å². The van der Waals surface area contributed by atoms with Crippen molar-refractivity contribution < 1.29 is 4.74 Å². The Bertz CT molecular complexity index is 247. The molecule has 0 bridgehead atoms. The summed E-state index contributed by atoms with van der Waals surface area (Å²) in [6, 6.07) is 7.78. The molecule has 0 aliphatic heterocycles. The SMILES string of the molecule is CCC(C)Oc1ccccc1S. The summed E-state index contributed by atoms with van der Waals surface area (Å²) >= 11 is 4.29. The number of para-hydroxylation sites is 1. The van der Waals surface area contributed by atoms with E-state index in [1.165, 1.54) is 0 Å². The highest BCUT2D eigenvalue weighted by atomic mass is 32.1. The molecular weight excluding hydrogens is 168 g/mol. The van der Waals surface area contributed by atoms with Crippen molar-refractivity contribution in [2.24, 2.45) is 0 Å². The Labute approximate surface area is 79.2 Å². The lowest BCUT2D eigenvalue weighted by atomic mass is 10.3. The van der Waals surface area contributed by atoms with Gasteiger partial charge in [0.2, 0.25) is 0 Å². The quantitative estimate of drug-likeness (QED) is 0.706. The zero-order valence-electron chi connectivity index (χ0n) is 7.45. The molecule has 1 rings (SSSR count). The largest absolute Gasteiger partial charge is 0.490 e. The third kappa shape index (κ3) is 2.45. The Hall–Kier alpha value is -0.630. The predicted octanol–water partition coefficient (Wildman–Crippen LogP) is 3.15. The standard InChI is InChI=1S/C10H14OS/c1-3-8(2)11-9-6-4-5-7-10(9)12/h4-8,12H,3H2,1-2H3. The average molecular weight is 182 g/mol. The zero-order valence-corrected chi connectivity index (χ0v) is 8.34. The predicted molar refractivity (Wildman–Crippen MR) is 54.1 cm³/mol. The molecule has 0 heterocycles. The Morgan fingerprint density at radius 2 is 2.08 bits per heavy atom. The minimum atomic E-state index is 0.262. The number of benzene rings is 1. The molecule has 0 fully saturated rings. The fourth-order valence-electron chi connectivity index (χ4n) is 0.857. The lowest BCUT2D eigenvalue weighted by Crippen LogP contribution is -2.09. The smallest absolute Gasteiger partial charge is 0.132 e. The van der Waals surface area contributed by atoms with E-state index >= 15 is 0 Å². The molecule has 1 unspecified atom stereocenters. The summed E-state index contributed by atoms with van der Waals surface area (Å²) < 4.78 is 5.62. The van der Waals surface area contributed by atoms with Crippen LogP contribution in [0.4, 0.5) is 0 Å². The van der Waals surface area contributed by atoms with Crippen LogP contribution in [0.1, 0.15) is 20.3 Å². The van der Waals surface area contributed by atoms with Crippen LogP contribution < -0.4 is 4.74 Å². The average Bonchev–Trinajstić information content (AvgIpc) is 2.09. The van der Waals surface area contributed by atoms with E-state index < -0.39 is 0 Å². The van der Waals surface area contributed by atoms with Crippen LogP contribution in [0.15, 0.2) is 29.2 Å². The van der Waals surface area contributed by atoms with Crippen molar-refractivity contribution in [2.45, 2.75) is 31.3 Å². The zero-order chi connectivity index (χ0) is 8.97. The fraction of sp³-hybridized carbons (Fsp3) is 0.400. The topological polar surface area (TPSA) is 9.23 Å². The van der Waals surface area contributed by atoms with E-state index in [1.54, 1.807) is 0 Å². The minimum absolute atomic E-state index is 0.262. The van der Waals surface area contributed by atoms with Crippen LogP contribution in [-0.4, -0.2) is 6.10 Å². The lowest BCUT2D eigenvalue weighted by molar-refractivity contribution is 0.212. The molecule has 0 aliphatic rings. The first-order chi connectivity index (χ1) is 5.74. The summed E-state index contributed by atoms with van der Waals surface area (Å²) in [4.78, 5) is 0.901. The molecule has 12 heavy (non-hydrogen) atoms.